The second kappa shape index (κ2) is 4.84. The zero-order valence-electron chi connectivity index (χ0n) is 7.93. The summed E-state index contributed by atoms with van der Waals surface area (Å²) in [6, 6.07) is 0. The highest BCUT2D eigenvalue weighted by atomic mass is 16.2. The Bertz CT molecular complexity index is 200. The SMILES string of the molecule is CC(=O)NCCNC(=O)C1CCC1. The quantitative estimate of drug-likeness (QED) is 0.606. The van der Waals surface area contributed by atoms with Crippen LogP contribution >= 0.6 is 0 Å². The first kappa shape index (κ1) is 10.0. The first-order chi connectivity index (χ1) is 6.20. The number of hydrogen-bond acceptors (Lipinski definition) is 2. The Morgan fingerprint density at radius 2 is 1.85 bits per heavy atom. The summed E-state index contributed by atoms with van der Waals surface area (Å²) in [4.78, 5) is 21.7. The van der Waals surface area contributed by atoms with Crippen LogP contribution in [0.2, 0.25) is 0 Å². The molecule has 0 aliphatic heterocycles. The van der Waals surface area contributed by atoms with E-state index in [0.717, 1.165) is 12.8 Å². The normalized spacial score (nSPS) is 16.1. The predicted octanol–water partition coefficient (Wildman–Crippen LogP) is 0.0388. The van der Waals surface area contributed by atoms with Gasteiger partial charge in [-0.05, 0) is 12.8 Å². The standard InChI is InChI=1S/C9H16N2O2/c1-7(12)10-5-6-11-9(13)8-3-2-4-8/h8H,2-6H2,1H3,(H,10,12)(H,11,13). The molecule has 0 saturated heterocycles. The molecule has 2 amide bonds. The molecular weight excluding hydrogens is 168 g/mol. The van der Waals surface area contributed by atoms with Gasteiger partial charge in [-0.25, -0.2) is 0 Å². The third-order valence-electron chi connectivity index (χ3n) is 2.27. The molecule has 2 N–H and O–H groups in total. The van der Waals surface area contributed by atoms with Gasteiger partial charge in [-0.3, -0.25) is 9.59 Å². The smallest absolute Gasteiger partial charge is 0.223 e. The van der Waals surface area contributed by atoms with Crippen LogP contribution in [0.1, 0.15) is 26.2 Å². The van der Waals surface area contributed by atoms with E-state index in [9.17, 15) is 9.59 Å². The summed E-state index contributed by atoms with van der Waals surface area (Å²) in [5, 5.41) is 5.41. The van der Waals surface area contributed by atoms with Crippen molar-refractivity contribution in [2.75, 3.05) is 13.1 Å². The Morgan fingerprint density at radius 1 is 1.23 bits per heavy atom. The third-order valence-corrected chi connectivity index (χ3v) is 2.27. The van der Waals surface area contributed by atoms with Gasteiger partial charge in [-0.2, -0.15) is 0 Å². The van der Waals surface area contributed by atoms with Crippen LogP contribution in [-0.4, -0.2) is 24.9 Å². The zero-order valence-corrected chi connectivity index (χ0v) is 7.93. The van der Waals surface area contributed by atoms with E-state index in [1.54, 1.807) is 0 Å². The third kappa shape index (κ3) is 3.44. The van der Waals surface area contributed by atoms with E-state index >= 15 is 0 Å². The Balaban J connectivity index is 1.98. The van der Waals surface area contributed by atoms with Crippen molar-refractivity contribution in [3.05, 3.63) is 0 Å². The first-order valence-electron chi connectivity index (χ1n) is 4.72. The highest BCUT2D eigenvalue weighted by Crippen LogP contribution is 2.25. The molecule has 0 unspecified atom stereocenters. The van der Waals surface area contributed by atoms with Crippen molar-refractivity contribution in [3.63, 3.8) is 0 Å². The van der Waals surface area contributed by atoms with Crippen LogP contribution in [-0.2, 0) is 9.59 Å². The molecule has 0 bridgehead atoms. The van der Waals surface area contributed by atoms with Crippen LogP contribution in [0.5, 0.6) is 0 Å². The van der Waals surface area contributed by atoms with Gasteiger partial charge in [0, 0.05) is 25.9 Å². The highest BCUT2D eigenvalue weighted by molar-refractivity contribution is 5.79. The van der Waals surface area contributed by atoms with Gasteiger partial charge in [-0.15, -0.1) is 0 Å². The maximum absolute atomic E-state index is 11.2. The summed E-state index contributed by atoms with van der Waals surface area (Å²) in [6.07, 6.45) is 3.21. The number of carbonyl (C=O) groups is 2. The van der Waals surface area contributed by atoms with Gasteiger partial charge in [0.1, 0.15) is 0 Å². The highest BCUT2D eigenvalue weighted by Gasteiger charge is 2.24. The summed E-state index contributed by atoms with van der Waals surface area (Å²) in [5.74, 6) is 0.312. The average Bonchev–Trinajstić information content (AvgIpc) is 1.94. The van der Waals surface area contributed by atoms with Gasteiger partial charge < -0.3 is 10.6 Å². The lowest BCUT2D eigenvalue weighted by Gasteiger charge is -2.23. The Hall–Kier alpha value is -1.06. The minimum atomic E-state index is -0.0575. The molecular formula is C9H16N2O2. The van der Waals surface area contributed by atoms with Gasteiger partial charge in [0.05, 0.1) is 0 Å². The second-order valence-electron chi connectivity index (χ2n) is 3.40. The first-order valence-corrected chi connectivity index (χ1v) is 4.72. The summed E-state index contributed by atoms with van der Waals surface area (Å²) in [6.45, 7) is 2.52. The molecule has 1 saturated carbocycles. The molecule has 1 rings (SSSR count). The molecule has 1 fully saturated rings. The number of amides is 2. The predicted molar refractivity (Wildman–Crippen MR) is 49.0 cm³/mol. The number of carbonyl (C=O) groups excluding carboxylic acids is 2. The molecule has 74 valence electrons. The van der Waals surface area contributed by atoms with Gasteiger partial charge in [0.15, 0.2) is 0 Å². The van der Waals surface area contributed by atoms with E-state index in [-0.39, 0.29) is 17.7 Å². The van der Waals surface area contributed by atoms with Crippen molar-refractivity contribution in [1.82, 2.24) is 10.6 Å². The maximum atomic E-state index is 11.2. The van der Waals surface area contributed by atoms with E-state index in [1.807, 2.05) is 0 Å². The fourth-order valence-corrected chi connectivity index (χ4v) is 1.24. The average molecular weight is 184 g/mol. The molecule has 1 aliphatic carbocycles. The van der Waals surface area contributed by atoms with Gasteiger partial charge in [0.2, 0.25) is 11.8 Å². The summed E-state index contributed by atoms with van der Waals surface area (Å²) in [5.41, 5.74) is 0. The summed E-state index contributed by atoms with van der Waals surface area (Å²) in [7, 11) is 0. The van der Waals surface area contributed by atoms with Gasteiger partial charge in [-0.1, -0.05) is 6.42 Å². The van der Waals surface area contributed by atoms with Crippen molar-refractivity contribution in [2.45, 2.75) is 26.2 Å². The Labute approximate surface area is 78.1 Å². The fraction of sp³-hybridized carbons (Fsp3) is 0.778. The lowest BCUT2D eigenvalue weighted by atomic mass is 9.85. The number of rotatable bonds is 4. The molecule has 4 nitrogen and oxygen atoms in total. The molecule has 1 aliphatic rings. The molecule has 0 radical (unpaired) electrons. The Kier molecular flexibility index (Phi) is 3.73. The minimum Gasteiger partial charge on any atom is -0.355 e. The lowest BCUT2D eigenvalue weighted by Crippen LogP contribution is -2.38. The molecule has 0 heterocycles. The van der Waals surface area contributed by atoms with E-state index in [2.05, 4.69) is 10.6 Å². The van der Waals surface area contributed by atoms with Crippen LogP contribution in [0.15, 0.2) is 0 Å². The molecule has 0 aromatic heterocycles. The van der Waals surface area contributed by atoms with Crippen molar-refractivity contribution >= 4 is 11.8 Å². The van der Waals surface area contributed by atoms with Crippen LogP contribution in [0.3, 0.4) is 0 Å². The molecule has 0 aromatic carbocycles. The largest absolute Gasteiger partial charge is 0.355 e. The fourth-order valence-electron chi connectivity index (χ4n) is 1.24. The summed E-state index contributed by atoms with van der Waals surface area (Å²) >= 11 is 0. The van der Waals surface area contributed by atoms with E-state index < -0.39 is 0 Å². The van der Waals surface area contributed by atoms with Crippen molar-refractivity contribution in [3.8, 4) is 0 Å². The minimum absolute atomic E-state index is 0.0575. The van der Waals surface area contributed by atoms with Crippen LogP contribution < -0.4 is 10.6 Å². The molecule has 13 heavy (non-hydrogen) atoms. The molecule has 0 spiro atoms. The molecule has 0 aromatic rings. The van der Waals surface area contributed by atoms with Crippen LogP contribution in [0.4, 0.5) is 0 Å². The van der Waals surface area contributed by atoms with E-state index in [0.29, 0.717) is 13.1 Å². The van der Waals surface area contributed by atoms with Crippen molar-refractivity contribution in [1.29, 1.82) is 0 Å². The molecule has 0 atom stereocenters. The lowest BCUT2D eigenvalue weighted by molar-refractivity contribution is -0.127. The monoisotopic (exact) mass is 184 g/mol. The maximum Gasteiger partial charge on any atom is 0.223 e. The van der Waals surface area contributed by atoms with Crippen molar-refractivity contribution < 1.29 is 9.59 Å². The van der Waals surface area contributed by atoms with E-state index in [4.69, 9.17) is 0 Å². The molecule has 4 heteroatoms. The van der Waals surface area contributed by atoms with Gasteiger partial charge >= 0.3 is 0 Å². The van der Waals surface area contributed by atoms with Crippen LogP contribution in [0.25, 0.3) is 0 Å². The van der Waals surface area contributed by atoms with Gasteiger partial charge in [0.25, 0.3) is 0 Å². The second-order valence-corrected chi connectivity index (χ2v) is 3.40. The van der Waals surface area contributed by atoms with Crippen LogP contribution in [0, 0.1) is 5.92 Å². The Morgan fingerprint density at radius 3 is 2.31 bits per heavy atom. The zero-order chi connectivity index (χ0) is 9.68. The number of hydrogen-bond donors (Lipinski definition) is 2. The number of nitrogens with one attached hydrogen (secondary N) is 2. The van der Waals surface area contributed by atoms with Crippen molar-refractivity contribution in [2.24, 2.45) is 5.92 Å². The topological polar surface area (TPSA) is 58.2 Å². The van der Waals surface area contributed by atoms with E-state index in [1.165, 1.54) is 13.3 Å². The summed E-state index contributed by atoms with van der Waals surface area (Å²) < 4.78 is 0.